The SMILES string of the molecule is CC(C(=O)O[C@]1(C(=O)CO)CC[C@H]2[C@@H]3CCC4=CC(=O)CC[C@]4(C)[C@H]3[C@@H](O)C[C@@]21C)C1CCCC1. The van der Waals surface area contributed by atoms with E-state index in [4.69, 9.17) is 4.74 Å². The Kier molecular flexibility index (Phi) is 6.32. The lowest BCUT2D eigenvalue weighted by Crippen LogP contribution is -2.63. The highest BCUT2D eigenvalue weighted by Gasteiger charge is 2.70. The highest BCUT2D eigenvalue weighted by molar-refractivity contribution is 5.93. The van der Waals surface area contributed by atoms with Crippen LogP contribution in [0.2, 0.25) is 0 Å². The lowest BCUT2D eigenvalue weighted by atomic mass is 9.45. The van der Waals surface area contributed by atoms with Crippen molar-refractivity contribution in [2.24, 2.45) is 40.4 Å². The van der Waals surface area contributed by atoms with Crippen LogP contribution in [0.1, 0.15) is 91.4 Å². The average molecular weight is 487 g/mol. The van der Waals surface area contributed by atoms with Crippen LogP contribution in [0.5, 0.6) is 0 Å². The van der Waals surface area contributed by atoms with Gasteiger partial charge in [-0.25, -0.2) is 0 Å². The van der Waals surface area contributed by atoms with Crippen LogP contribution in [0.4, 0.5) is 0 Å². The van der Waals surface area contributed by atoms with Crippen molar-refractivity contribution in [1.29, 1.82) is 0 Å². The lowest BCUT2D eigenvalue weighted by molar-refractivity contribution is -0.205. The highest BCUT2D eigenvalue weighted by Crippen LogP contribution is 2.68. The number of carbonyl (C=O) groups is 3. The Bertz CT molecular complexity index is 933. The maximum absolute atomic E-state index is 13.4. The fourth-order valence-electron chi connectivity index (χ4n) is 9.40. The van der Waals surface area contributed by atoms with Crippen LogP contribution in [-0.4, -0.2) is 46.1 Å². The monoisotopic (exact) mass is 486 g/mol. The van der Waals surface area contributed by atoms with E-state index in [2.05, 4.69) is 6.92 Å². The zero-order valence-corrected chi connectivity index (χ0v) is 21.6. The molecule has 194 valence electrons. The third kappa shape index (κ3) is 3.60. The molecule has 0 heterocycles. The fraction of sp³-hybridized carbons (Fsp3) is 0.828. The van der Waals surface area contributed by atoms with Gasteiger partial charge in [0.25, 0.3) is 0 Å². The Labute approximate surface area is 208 Å². The Balaban J connectivity index is 1.48. The van der Waals surface area contributed by atoms with E-state index in [0.29, 0.717) is 19.3 Å². The first-order chi connectivity index (χ1) is 16.6. The predicted octanol–water partition coefficient (Wildman–Crippen LogP) is 4.16. The van der Waals surface area contributed by atoms with Gasteiger partial charge in [-0.2, -0.15) is 0 Å². The molecule has 6 nitrogen and oxygen atoms in total. The molecular weight excluding hydrogens is 444 g/mol. The van der Waals surface area contributed by atoms with Crippen molar-refractivity contribution < 1.29 is 29.3 Å². The highest BCUT2D eigenvalue weighted by atomic mass is 16.6. The molecule has 5 aliphatic rings. The summed E-state index contributed by atoms with van der Waals surface area (Å²) in [5.74, 6) is -0.215. The van der Waals surface area contributed by atoms with Gasteiger partial charge in [0.2, 0.25) is 5.78 Å². The number of Topliss-reactive ketones (excluding diaryl/α,β-unsaturated/α-hetero) is 1. The molecule has 5 aliphatic carbocycles. The first-order valence-electron chi connectivity index (χ1n) is 13.9. The molecule has 0 aliphatic heterocycles. The number of carbonyl (C=O) groups excluding carboxylic acids is 3. The fourth-order valence-corrected chi connectivity index (χ4v) is 9.40. The first-order valence-corrected chi connectivity index (χ1v) is 13.9. The van der Waals surface area contributed by atoms with E-state index in [1.54, 1.807) is 0 Å². The van der Waals surface area contributed by atoms with E-state index in [1.807, 2.05) is 19.9 Å². The van der Waals surface area contributed by atoms with Crippen molar-refractivity contribution in [3.05, 3.63) is 11.6 Å². The summed E-state index contributed by atoms with van der Waals surface area (Å²) in [6, 6.07) is 0. The normalized spacial score (nSPS) is 44.1. The smallest absolute Gasteiger partial charge is 0.309 e. The largest absolute Gasteiger partial charge is 0.450 e. The van der Waals surface area contributed by atoms with Crippen molar-refractivity contribution in [2.45, 2.75) is 103 Å². The van der Waals surface area contributed by atoms with Crippen LogP contribution in [-0.2, 0) is 19.1 Å². The molecule has 4 saturated carbocycles. The minimum Gasteiger partial charge on any atom is -0.450 e. The zero-order valence-electron chi connectivity index (χ0n) is 21.6. The summed E-state index contributed by atoms with van der Waals surface area (Å²) in [5, 5.41) is 21.7. The number of allylic oxidation sites excluding steroid dienone is 1. The van der Waals surface area contributed by atoms with Crippen molar-refractivity contribution in [2.75, 3.05) is 6.61 Å². The van der Waals surface area contributed by atoms with Crippen LogP contribution in [0.3, 0.4) is 0 Å². The molecule has 0 saturated heterocycles. The van der Waals surface area contributed by atoms with Crippen molar-refractivity contribution >= 4 is 17.5 Å². The summed E-state index contributed by atoms with van der Waals surface area (Å²) >= 11 is 0. The summed E-state index contributed by atoms with van der Waals surface area (Å²) in [7, 11) is 0. The summed E-state index contributed by atoms with van der Waals surface area (Å²) in [5.41, 5.74) is -1.15. The number of rotatable bonds is 5. The maximum Gasteiger partial charge on any atom is 0.309 e. The van der Waals surface area contributed by atoms with Crippen LogP contribution >= 0.6 is 0 Å². The zero-order chi connectivity index (χ0) is 25.2. The molecule has 1 unspecified atom stereocenters. The molecule has 35 heavy (non-hydrogen) atoms. The molecule has 0 spiro atoms. The topological polar surface area (TPSA) is 101 Å². The molecule has 8 atom stereocenters. The van der Waals surface area contributed by atoms with Crippen molar-refractivity contribution in [1.82, 2.24) is 0 Å². The second-order valence-electron chi connectivity index (χ2n) is 12.8. The van der Waals surface area contributed by atoms with Crippen LogP contribution in [0, 0.1) is 40.4 Å². The van der Waals surface area contributed by atoms with Crippen molar-refractivity contribution in [3.63, 3.8) is 0 Å². The molecule has 0 bridgehead atoms. The van der Waals surface area contributed by atoms with Gasteiger partial charge in [0, 0.05) is 11.8 Å². The summed E-state index contributed by atoms with van der Waals surface area (Å²) in [4.78, 5) is 39.0. The number of hydrogen-bond acceptors (Lipinski definition) is 6. The minimum absolute atomic E-state index is 0.0295. The number of ether oxygens (including phenoxy) is 1. The second kappa shape index (κ2) is 8.79. The van der Waals surface area contributed by atoms with E-state index in [-0.39, 0.29) is 46.8 Å². The molecule has 4 fully saturated rings. The van der Waals surface area contributed by atoms with Gasteiger partial charge in [0.05, 0.1) is 12.0 Å². The first kappa shape index (κ1) is 25.1. The molecule has 2 N–H and O–H groups in total. The Morgan fingerprint density at radius 3 is 2.51 bits per heavy atom. The van der Waals surface area contributed by atoms with Crippen LogP contribution < -0.4 is 0 Å². The predicted molar refractivity (Wildman–Crippen MR) is 130 cm³/mol. The average Bonchev–Trinajstić information content (AvgIpc) is 3.45. The lowest BCUT2D eigenvalue weighted by Gasteiger charge is -2.60. The standard InChI is InChI=1S/C29H42O6/c1-17(18-6-4-5-7-18)26(34)35-29(24(33)16-30)13-11-22-21-9-8-19-14-20(31)10-12-27(19,2)25(21)23(32)15-28(22,29)3/h14,17-18,21-23,25,30,32H,4-13,15-16H2,1-3H3/t17?,21-,22-,23-,25+,27-,28-,29-/m0/s1. The van der Waals surface area contributed by atoms with E-state index < -0.39 is 29.5 Å². The molecule has 0 aromatic rings. The number of aliphatic hydroxyl groups is 2. The molecule has 0 aromatic carbocycles. The minimum atomic E-state index is -1.39. The second-order valence-corrected chi connectivity index (χ2v) is 12.8. The van der Waals surface area contributed by atoms with Gasteiger partial charge >= 0.3 is 5.97 Å². The van der Waals surface area contributed by atoms with E-state index in [1.165, 1.54) is 5.57 Å². The van der Waals surface area contributed by atoms with E-state index >= 15 is 0 Å². The molecule has 6 heteroatoms. The molecular formula is C29H42O6. The molecule has 0 amide bonds. The summed E-state index contributed by atoms with van der Waals surface area (Å²) < 4.78 is 6.26. The van der Waals surface area contributed by atoms with Gasteiger partial charge in [-0.15, -0.1) is 0 Å². The van der Waals surface area contributed by atoms with Crippen LogP contribution in [0.25, 0.3) is 0 Å². The van der Waals surface area contributed by atoms with E-state index in [0.717, 1.165) is 51.4 Å². The Morgan fingerprint density at radius 1 is 1.11 bits per heavy atom. The number of esters is 1. The summed E-state index contributed by atoms with van der Waals surface area (Å²) in [6.07, 6.45) is 9.93. The number of ketones is 2. The quantitative estimate of drug-likeness (QED) is 0.566. The van der Waals surface area contributed by atoms with Gasteiger partial charge in [-0.1, -0.05) is 39.2 Å². The number of hydrogen-bond donors (Lipinski definition) is 2. The molecule has 0 radical (unpaired) electrons. The number of aliphatic hydroxyl groups excluding tert-OH is 2. The molecule has 0 aromatic heterocycles. The Hall–Kier alpha value is -1.53. The van der Waals surface area contributed by atoms with Gasteiger partial charge in [0.1, 0.15) is 6.61 Å². The van der Waals surface area contributed by atoms with Crippen LogP contribution in [0.15, 0.2) is 11.6 Å². The summed E-state index contributed by atoms with van der Waals surface area (Å²) in [6.45, 7) is 5.47. The number of fused-ring (bicyclic) bond motifs is 5. The maximum atomic E-state index is 13.4. The Morgan fingerprint density at radius 2 is 1.83 bits per heavy atom. The van der Waals surface area contributed by atoms with E-state index in [9.17, 15) is 24.6 Å². The van der Waals surface area contributed by atoms with Gasteiger partial charge in [-0.3, -0.25) is 14.4 Å². The van der Waals surface area contributed by atoms with Gasteiger partial charge < -0.3 is 14.9 Å². The van der Waals surface area contributed by atoms with Gasteiger partial charge in [-0.05, 0) is 86.5 Å². The van der Waals surface area contributed by atoms with Gasteiger partial charge in [0.15, 0.2) is 11.4 Å². The third-order valence-electron chi connectivity index (χ3n) is 11.4. The van der Waals surface area contributed by atoms with Crippen molar-refractivity contribution in [3.8, 4) is 0 Å². The third-order valence-corrected chi connectivity index (χ3v) is 11.4. The molecule has 5 rings (SSSR count).